The summed E-state index contributed by atoms with van der Waals surface area (Å²) in [6, 6.07) is 9.68. The number of hydrogen-bond acceptors (Lipinski definition) is 7. The maximum absolute atomic E-state index is 12.9. The second-order valence-electron chi connectivity index (χ2n) is 5.87. The fourth-order valence-corrected chi connectivity index (χ4v) is 4.48. The van der Waals surface area contributed by atoms with Crippen molar-refractivity contribution < 1.29 is 17.7 Å². The summed E-state index contributed by atoms with van der Waals surface area (Å²) in [5, 5.41) is 4.30. The molecule has 0 amide bonds. The highest BCUT2D eigenvalue weighted by atomic mass is 35.5. The summed E-state index contributed by atoms with van der Waals surface area (Å²) in [5.41, 5.74) is 0.749. The highest BCUT2D eigenvalue weighted by Gasteiger charge is 2.34. The molecule has 3 aromatic rings. The maximum Gasteiger partial charge on any atom is 0.257 e. The molecule has 10 heteroatoms. The van der Waals surface area contributed by atoms with E-state index in [0.29, 0.717) is 10.8 Å². The molecule has 8 nitrogen and oxygen atoms in total. The zero-order chi connectivity index (χ0) is 18.9. The number of rotatable bonds is 4. The van der Waals surface area contributed by atoms with E-state index < -0.39 is 16.1 Å². The first-order valence-corrected chi connectivity index (χ1v) is 9.97. The lowest BCUT2D eigenvalue weighted by Crippen LogP contribution is -2.42. The number of morpholine rings is 1. The first-order chi connectivity index (χ1) is 13.0. The van der Waals surface area contributed by atoms with Crippen LogP contribution in [-0.4, -0.2) is 47.5 Å². The number of pyridine rings is 1. The van der Waals surface area contributed by atoms with Gasteiger partial charge >= 0.3 is 0 Å². The molecule has 0 radical (unpaired) electrons. The molecule has 0 N–H and O–H groups in total. The van der Waals surface area contributed by atoms with Crippen molar-refractivity contribution in [3.63, 3.8) is 0 Å². The molecule has 1 aliphatic heterocycles. The number of ether oxygens (including phenoxy) is 1. The number of halogens is 1. The summed E-state index contributed by atoms with van der Waals surface area (Å²) in [7, 11) is -3.70. The minimum absolute atomic E-state index is 0.0762. The van der Waals surface area contributed by atoms with E-state index in [0.717, 1.165) is 5.56 Å². The predicted molar refractivity (Wildman–Crippen MR) is 96.4 cm³/mol. The lowest BCUT2D eigenvalue weighted by molar-refractivity contribution is -0.0199. The molecule has 0 aliphatic carbocycles. The Bertz CT molecular complexity index is 1040. The van der Waals surface area contributed by atoms with Crippen LogP contribution in [0.2, 0.25) is 5.02 Å². The smallest absolute Gasteiger partial charge is 0.257 e. The summed E-state index contributed by atoms with van der Waals surface area (Å²) in [4.78, 5) is 8.42. The van der Waals surface area contributed by atoms with Gasteiger partial charge in [-0.25, -0.2) is 8.42 Å². The van der Waals surface area contributed by atoms with Crippen molar-refractivity contribution in [2.75, 3.05) is 19.7 Å². The van der Waals surface area contributed by atoms with Gasteiger partial charge in [0.15, 0.2) is 6.10 Å². The van der Waals surface area contributed by atoms with Gasteiger partial charge in [0.25, 0.3) is 5.89 Å². The first kappa shape index (κ1) is 18.1. The second-order valence-corrected chi connectivity index (χ2v) is 8.25. The van der Waals surface area contributed by atoms with Crippen LogP contribution in [0.15, 0.2) is 58.2 Å². The monoisotopic (exact) mass is 406 g/mol. The largest absolute Gasteiger partial charge is 0.366 e. The topological polar surface area (TPSA) is 98.4 Å². The van der Waals surface area contributed by atoms with Gasteiger partial charge in [-0.3, -0.25) is 4.98 Å². The van der Waals surface area contributed by atoms with Crippen LogP contribution in [0.1, 0.15) is 12.0 Å². The molecule has 4 rings (SSSR count). The zero-order valence-corrected chi connectivity index (χ0v) is 15.6. The van der Waals surface area contributed by atoms with Gasteiger partial charge in [-0.15, -0.1) is 0 Å². The van der Waals surface area contributed by atoms with Gasteiger partial charge < -0.3 is 9.26 Å². The SMILES string of the molecule is O=S(=O)(c1cccc(Cl)c1)N1CCO[C@H](c2nc(-c3ccncc3)no2)C1. The quantitative estimate of drug-likeness (QED) is 0.656. The fraction of sp³-hybridized carbons (Fsp3) is 0.235. The third kappa shape index (κ3) is 3.72. The van der Waals surface area contributed by atoms with Crippen LogP contribution in [0.5, 0.6) is 0 Å². The number of aromatic nitrogens is 3. The van der Waals surface area contributed by atoms with E-state index in [1.165, 1.54) is 16.4 Å². The van der Waals surface area contributed by atoms with Crippen LogP contribution in [0.3, 0.4) is 0 Å². The van der Waals surface area contributed by atoms with Gasteiger partial charge in [0.05, 0.1) is 11.5 Å². The Kier molecular flexibility index (Phi) is 4.92. The number of hydrogen-bond donors (Lipinski definition) is 0. The lowest BCUT2D eigenvalue weighted by Gasteiger charge is -2.30. The normalized spacial score (nSPS) is 18.5. The minimum atomic E-state index is -3.70. The molecule has 1 fully saturated rings. The summed E-state index contributed by atoms with van der Waals surface area (Å²) in [6.07, 6.45) is 2.61. The van der Waals surface area contributed by atoms with E-state index in [9.17, 15) is 8.42 Å². The van der Waals surface area contributed by atoms with Gasteiger partial charge in [-0.05, 0) is 30.3 Å². The molecular weight excluding hydrogens is 392 g/mol. The molecule has 1 aromatic carbocycles. The van der Waals surface area contributed by atoms with Crippen molar-refractivity contribution in [2.24, 2.45) is 0 Å². The molecule has 0 spiro atoms. The Balaban J connectivity index is 1.56. The van der Waals surface area contributed by atoms with Crippen molar-refractivity contribution in [3.8, 4) is 11.4 Å². The van der Waals surface area contributed by atoms with Crippen LogP contribution in [-0.2, 0) is 14.8 Å². The predicted octanol–water partition coefficient (Wildman–Crippen LogP) is 2.55. The number of sulfonamides is 1. The Morgan fingerprint density at radius 2 is 2.00 bits per heavy atom. The Labute approximate surface area is 160 Å². The molecule has 140 valence electrons. The summed E-state index contributed by atoms with van der Waals surface area (Å²) in [6.45, 7) is 0.529. The van der Waals surface area contributed by atoms with E-state index in [1.54, 1.807) is 36.7 Å². The van der Waals surface area contributed by atoms with Gasteiger partial charge in [-0.2, -0.15) is 9.29 Å². The highest BCUT2D eigenvalue weighted by Crippen LogP contribution is 2.27. The van der Waals surface area contributed by atoms with E-state index in [4.69, 9.17) is 20.9 Å². The van der Waals surface area contributed by atoms with E-state index in [1.807, 2.05) is 0 Å². The fourth-order valence-electron chi connectivity index (χ4n) is 2.75. The van der Waals surface area contributed by atoms with E-state index in [-0.39, 0.29) is 30.5 Å². The van der Waals surface area contributed by atoms with Crippen LogP contribution < -0.4 is 0 Å². The van der Waals surface area contributed by atoms with Crippen molar-refractivity contribution >= 4 is 21.6 Å². The number of nitrogens with zero attached hydrogens (tertiary/aromatic N) is 4. The molecule has 3 heterocycles. The third-order valence-electron chi connectivity index (χ3n) is 4.12. The molecule has 1 aliphatic rings. The van der Waals surface area contributed by atoms with Gasteiger partial charge in [0, 0.05) is 36.1 Å². The van der Waals surface area contributed by atoms with Crippen molar-refractivity contribution in [3.05, 3.63) is 59.7 Å². The average molecular weight is 407 g/mol. The number of benzene rings is 1. The maximum atomic E-state index is 12.9. The van der Waals surface area contributed by atoms with E-state index in [2.05, 4.69) is 15.1 Å². The summed E-state index contributed by atoms with van der Waals surface area (Å²) < 4.78 is 38.1. The standard InChI is InChI=1S/C17H15ClN4O4S/c18-13-2-1-3-14(10-13)27(23,24)22-8-9-25-15(11-22)17-20-16(21-26-17)12-4-6-19-7-5-12/h1-7,10,15H,8-9,11H2/t15-/m0/s1. The molecule has 1 atom stereocenters. The van der Waals surface area contributed by atoms with Crippen LogP contribution in [0.4, 0.5) is 0 Å². The molecule has 0 saturated carbocycles. The van der Waals surface area contributed by atoms with Crippen LogP contribution >= 0.6 is 11.6 Å². The lowest BCUT2D eigenvalue weighted by atomic mass is 10.2. The first-order valence-electron chi connectivity index (χ1n) is 8.15. The zero-order valence-electron chi connectivity index (χ0n) is 14.0. The molecule has 2 aromatic heterocycles. The van der Waals surface area contributed by atoms with E-state index >= 15 is 0 Å². The molecule has 27 heavy (non-hydrogen) atoms. The molecule has 0 bridgehead atoms. The highest BCUT2D eigenvalue weighted by molar-refractivity contribution is 7.89. The Morgan fingerprint density at radius 3 is 2.78 bits per heavy atom. The van der Waals surface area contributed by atoms with Crippen molar-refractivity contribution in [2.45, 2.75) is 11.0 Å². The third-order valence-corrected chi connectivity index (χ3v) is 6.21. The van der Waals surface area contributed by atoms with Crippen LogP contribution in [0, 0.1) is 0 Å². The van der Waals surface area contributed by atoms with Gasteiger partial charge in [0.2, 0.25) is 15.8 Å². The molecule has 0 unspecified atom stereocenters. The van der Waals surface area contributed by atoms with Gasteiger partial charge in [-0.1, -0.05) is 22.8 Å². The Morgan fingerprint density at radius 1 is 1.19 bits per heavy atom. The Hall–Kier alpha value is -2.33. The summed E-state index contributed by atoms with van der Waals surface area (Å²) >= 11 is 5.93. The van der Waals surface area contributed by atoms with Crippen molar-refractivity contribution in [1.82, 2.24) is 19.4 Å². The molecular formula is C17H15ClN4O4S. The van der Waals surface area contributed by atoms with Gasteiger partial charge in [0.1, 0.15) is 0 Å². The van der Waals surface area contributed by atoms with Crippen LogP contribution in [0.25, 0.3) is 11.4 Å². The second kappa shape index (κ2) is 7.35. The van der Waals surface area contributed by atoms with Crippen molar-refractivity contribution in [1.29, 1.82) is 0 Å². The molecule has 1 saturated heterocycles. The summed E-state index contributed by atoms with van der Waals surface area (Å²) in [5.74, 6) is 0.624. The minimum Gasteiger partial charge on any atom is -0.366 e. The average Bonchev–Trinajstić information content (AvgIpc) is 3.19.